The number of rotatable bonds is 5. The molecule has 0 aliphatic heterocycles. The van der Waals surface area contributed by atoms with Gasteiger partial charge < -0.3 is 10.2 Å². The molecule has 0 saturated carbocycles. The molecule has 0 spiro atoms. The number of fused-ring (bicyclic) bond motifs is 1. The molecule has 0 saturated heterocycles. The van der Waals surface area contributed by atoms with E-state index < -0.39 is 6.10 Å². The van der Waals surface area contributed by atoms with Gasteiger partial charge in [-0.05, 0) is 35.9 Å². The van der Waals surface area contributed by atoms with Crippen LogP contribution in [0, 0.1) is 0 Å². The van der Waals surface area contributed by atoms with Gasteiger partial charge >= 0.3 is 0 Å². The number of carbonyl (C=O) groups excluding carboxylic acids is 1. The molecule has 0 aliphatic carbocycles. The van der Waals surface area contributed by atoms with Crippen LogP contribution in [0.5, 0.6) is 0 Å². The topological polar surface area (TPSA) is 69.0 Å². The molecular weight excluding hydrogens is 316 g/mol. The van der Waals surface area contributed by atoms with Crippen molar-refractivity contribution in [3.05, 3.63) is 59.1 Å². The Labute approximate surface area is 138 Å². The highest BCUT2D eigenvalue weighted by molar-refractivity contribution is 6.31. The normalized spacial score (nSPS) is 12.1. The number of halogens is 1. The number of aromatic nitrogens is 3. The zero-order valence-electron chi connectivity index (χ0n) is 12.4. The van der Waals surface area contributed by atoms with E-state index in [0.717, 1.165) is 5.56 Å². The maximum Gasteiger partial charge on any atom is 0.263 e. The Hall–Kier alpha value is -2.60. The second kappa shape index (κ2) is 6.66. The maximum absolute atomic E-state index is 12.1. The molecule has 3 aromatic rings. The van der Waals surface area contributed by atoms with E-state index in [9.17, 15) is 4.79 Å². The highest BCUT2D eigenvalue weighted by atomic mass is 35.5. The van der Waals surface area contributed by atoms with Crippen LogP contribution in [0.25, 0.3) is 11.0 Å². The molecule has 3 rings (SSSR count). The van der Waals surface area contributed by atoms with Crippen molar-refractivity contribution in [2.24, 2.45) is 0 Å². The monoisotopic (exact) mass is 330 g/mol. The molecular formula is C16H15ClN4O2. The lowest BCUT2D eigenvalue weighted by Crippen LogP contribution is -2.39. The number of carbonyl (C=O) groups is 1. The quantitative estimate of drug-likeness (QED) is 0.778. The number of amides is 1. The van der Waals surface area contributed by atoms with Crippen molar-refractivity contribution >= 4 is 28.5 Å². The van der Waals surface area contributed by atoms with Crippen LogP contribution in [0.3, 0.4) is 0 Å². The summed E-state index contributed by atoms with van der Waals surface area (Å²) < 4.78 is 0. The summed E-state index contributed by atoms with van der Waals surface area (Å²) in [6.45, 7) is 2.09. The van der Waals surface area contributed by atoms with Crippen LogP contribution in [0.15, 0.2) is 48.5 Å². The second-order valence-corrected chi connectivity index (χ2v) is 5.48. The average Bonchev–Trinajstić information content (AvgIpc) is 2.95. The van der Waals surface area contributed by atoms with Crippen LogP contribution in [-0.2, 0) is 11.3 Å². The van der Waals surface area contributed by atoms with Gasteiger partial charge in [0.05, 0.1) is 0 Å². The molecule has 6 nitrogen and oxygen atoms in total. The van der Waals surface area contributed by atoms with E-state index in [0.29, 0.717) is 22.6 Å². The zero-order chi connectivity index (χ0) is 16.2. The molecule has 1 aromatic heterocycles. The largest absolute Gasteiger partial charge is 0.382 e. The SMILES string of the molecule is C[C@H](On1nnc2ccc(Cl)cc21)C(=O)NCc1ccccc1. The number of benzene rings is 2. The molecule has 0 unspecified atom stereocenters. The van der Waals surface area contributed by atoms with Crippen LogP contribution < -0.4 is 10.2 Å². The summed E-state index contributed by atoms with van der Waals surface area (Å²) in [5, 5.41) is 11.2. The number of hydrogen-bond donors (Lipinski definition) is 1. The Balaban J connectivity index is 1.64. The molecule has 1 amide bonds. The Kier molecular flexibility index (Phi) is 4.43. The zero-order valence-corrected chi connectivity index (χ0v) is 13.2. The second-order valence-electron chi connectivity index (χ2n) is 5.05. The molecule has 0 fully saturated rings. The molecule has 23 heavy (non-hydrogen) atoms. The number of nitrogens with zero attached hydrogens (tertiary/aromatic N) is 3. The summed E-state index contributed by atoms with van der Waals surface area (Å²) >= 11 is 5.96. The van der Waals surface area contributed by atoms with Gasteiger partial charge in [0.15, 0.2) is 0 Å². The molecule has 0 bridgehead atoms. The van der Waals surface area contributed by atoms with Gasteiger partial charge in [-0.3, -0.25) is 4.79 Å². The van der Waals surface area contributed by atoms with Crippen LogP contribution in [0.2, 0.25) is 5.02 Å². The Morgan fingerprint density at radius 3 is 2.87 bits per heavy atom. The summed E-state index contributed by atoms with van der Waals surface area (Å²) in [6.07, 6.45) is -0.720. The van der Waals surface area contributed by atoms with Gasteiger partial charge in [0.2, 0.25) is 6.10 Å². The first-order valence-electron chi connectivity index (χ1n) is 7.13. The summed E-state index contributed by atoms with van der Waals surface area (Å²) in [7, 11) is 0. The molecule has 1 heterocycles. The molecule has 1 atom stereocenters. The molecule has 0 radical (unpaired) electrons. The van der Waals surface area contributed by atoms with Crippen LogP contribution in [-0.4, -0.2) is 27.2 Å². The fourth-order valence-electron chi connectivity index (χ4n) is 2.08. The van der Waals surface area contributed by atoms with E-state index in [4.69, 9.17) is 16.4 Å². The van der Waals surface area contributed by atoms with Gasteiger partial charge in [-0.25, -0.2) is 0 Å². The minimum atomic E-state index is -0.720. The summed E-state index contributed by atoms with van der Waals surface area (Å²) in [4.78, 5) is 18.9. The smallest absolute Gasteiger partial charge is 0.263 e. The van der Waals surface area contributed by atoms with Crippen molar-refractivity contribution in [1.82, 2.24) is 20.5 Å². The third-order valence-corrected chi connectivity index (χ3v) is 3.55. The molecule has 118 valence electrons. The van der Waals surface area contributed by atoms with Crippen molar-refractivity contribution in [2.45, 2.75) is 19.6 Å². The molecule has 0 aliphatic rings. The highest BCUT2D eigenvalue weighted by Crippen LogP contribution is 2.16. The minimum absolute atomic E-state index is 0.237. The van der Waals surface area contributed by atoms with E-state index in [1.165, 1.54) is 4.85 Å². The number of nitrogens with one attached hydrogen (secondary N) is 1. The standard InChI is InChI=1S/C16H15ClN4O2/c1-11(16(22)18-10-12-5-3-2-4-6-12)23-21-15-9-13(17)7-8-14(15)19-20-21/h2-9,11H,10H2,1H3,(H,18,22)/t11-/m0/s1. The first-order chi connectivity index (χ1) is 11.1. The van der Waals surface area contributed by atoms with Crippen molar-refractivity contribution in [3.8, 4) is 0 Å². The lowest BCUT2D eigenvalue weighted by molar-refractivity contribution is -0.133. The Morgan fingerprint density at radius 2 is 2.09 bits per heavy atom. The van der Waals surface area contributed by atoms with Gasteiger partial charge in [0.1, 0.15) is 11.0 Å². The third-order valence-electron chi connectivity index (χ3n) is 3.31. The minimum Gasteiger partial charge on any atom is -0.382 e. The highest BCUT2D eigenvalue weighted by Gasteiger charge is 2.17. The fraction of sp³-hybridized carbons (Fsp3) is 0.188. The van der Waals surface area contributed by atoms with Crippen molar-refractivity contribution < 1.29 is 9.63 Å². The van der Waals surface area contributed by atoms with E-state index in [1.54, 1.807) is 25.1 Å². The van der Waals surface area contributed by atoms with Gasteiger partial charge in [0.25, 0.3) is 5.91 Å². The maximum atomic E-state index is 12.1. The molecule has 7 heteroatoms. The van der Waals surface area contributed by atoms with Gasteiger partial charge in [0, 0.05) is 11.6 Å². The van der Waals surface area contributed by atoms with Crippen LogP contribution in [0.1, 0.15) is 12.5 Å². The summed E-state index contributed by atoms with van der Waals surface area (Å²) in [5.74, 6) is -0.237. The van der Waals surface area contributed by atoms with Crippen LogP contribution in [0.4, 0.5) is 0 Å². The van der Waals surface area contributed by atoms with E-state index in [1.807, 2.05) is 30.3 Å². The predicted molar refractivity (Wildman–Crippen MR) is 86.9 cm³/mol. The fourth-order valence-corrected chi connectivity index (χ4v) is 2.24. The van der Waals surface area contributed by atoms with E-state index in [2.05, 4.69) is 15.6 Å². The third kappa shape index (κ3) is 3.60. The van der Waals surface area contributed by atoms with Crippen LogP contribution >= 0.6 is 11.6 Å². The molecule has 1 N–H and O–H groups in total. The van der Waals surface area contributed by atoms with Gasteiger partial charge in [-0.15, -0.1) is 5.10 Å². The number of hydrogen-bond acceptors (Lipinski definition) is 4. The van der Waals surface area contributed by atoms with E-state index >= 15 is 0 Å². The lowest BCUT2D eigenvalue weighted by Gasteiger charge is -2.13. The van der Waals surface area contributed by atoms with Gasteiger partial charge in [-0.1, -0.05) is 46.8 Å². The van der Waals surface area contributed by atoms with Gasteiger partial charge in [-0.2, -0.15) is 0 Å². The van der Waals surface area contributed by atoms with Crippen molar-refractivity contribution in [1.29, 1.82) is 0 Å². The van der Waals surface area contributed by atoms with Crippen molar-refractivity contribution in [3.63, 3.8) is 0 Å². The summed E-state index contributed by atoms with van der Waals surface area (Å²) in [5.41, 5.74) is 2.28. The lowest BCUT2D eigenvalue weighted by atomic mass is 10.2. The first kappa shape index (κ1) is 15.3. The summed E-state index contributed by atoms with van der Waals surface area (Å²) in [6, 6.07) is 14.8. The first-order valence-corrected chi connectivity index (χ1v) is 7.51. The Bertz CT molecular complexity index is 819. The molecule has 2 aromatic carbocycles. The predicted octanol–water partition coefficient (Wildman–Crippen LogP) is 2.22. The van der Waals surface area contributed by atoms with E-state index in [-0.39, 0.29) is 5.91 Å². The Morgan fingerprint density at radius 1 is 1.30 bits per heavy atom. The van der Waals surface area contributed by atoms with Crippen molar-refractivity contribution in [2.75, 3.05) is 0 Å². The average molecular weight is 331 g/mol.